The molecule has 1 saturated carbocycles. The molecule has 1 rings (SSSR count). The quantitative estimate of drug-likeness (QED) is 0.620. The Morgan fingerprint density at radius 2 is 1.83 bits per heavy atom. The van der Waals surface area contributed by atoms with Gasteiger partial charge in [0.25, 0.3) is 0 Å². The lowest BCUT2D eigenvalue weighted by Gasteiger charge is -2.44. The van der Waals surface area contributed by atoms with Gasteiger partial charge in [-0.25, -0.2) is 0 Å². The van der Waals surface area contributed by atoms with Gasteiger partial charge in [-0.2, -0.15) is 0 Å². The van der Waals surface area contributed by atoms with Crippen LogP contribution in [0.25, 0.3) is 0 Å². The number of nitrogens with one attached hydrogen (secondary N) is 1. The highest BCUT2D eigenvalue weighted by Gasteiger charge is 2.37. The molecule has 0 heterocycles. The summed E-state index contributed by atoms with van der Waals surface area (Å²) in [5, 5.41) is 3.40. The highest BCUT2D eigenvalue weighted by atomic mass is 14.9. The minimum absolute atomic E-state index is 0.746. The Bertz CT molecular complexity index is 248. The van der Waals surface area contributed by atoms with Crippen molar-refractivity contribution in [1.82, 2.24) is 5.32 Å². The maximum Gasteiger partial charge on any atom is 0.00697 e. The van der Waals surface area contributed by atoms with Gasteiger partial charge in [-0.3, -0.25) is 0 Å². The lowest BCUT2D eigenvalue weighted by molar-refractivity contribution is 0.126. The van der Waals surface area contributed by atoms with Crippen LogP contribution in [0.15, 0.2) is 12.2 Å². The van der Waals surface area contributed by atoms with Gasteiger partial charge >= 0.3 is 0 Å². The van der Waals surface area contributed by atoms with Crippen LogP contribution in [0.2, 0.25) is 0 Å². The zero-order chi connectivity index (χ0) is 13.7. The summed E-state index contributed by atoms with van der Waals surface area (Å²) in [4.78, 5) is 0. The fraction of sp³-hybridized carbons (Fsp3) is 0.882. The van der Waals surface area contributed by atoms with Gasteiger partial charge in [0.05, 0.1) is 0 Å². The monoisotopic (exact) mass is 251 g/mol. The van der Waals surface area contributed by atoms with Crippen molar-refractivity contribution in [2.45, 2.75) is 65.8 Å². The van der Waals surface area contributed by atoms with Crippen LogP contribution >= 0.6 is 0 Å². The molecule has 1 aliphatic rings. The Morgan fingerprint density at radius 3 is 2.22 bits per heavy atom. The second-order valence-corrected chi connectivity index (χ2v) is 6.48. The summed E-state index contributed by atoms with van der Waals surface area (Å²) in [6.45, 7) is 13.6. The van der Waals surface area contributed by atoms with Gasteiger partial charge in [0.2, 0.25) is 0 Å². The molecule has 1 N–H and O–H groups in total. The van der Waals surface area contributed by atoms with Crippen molar-refractivity contribution in [1.29, 1.82) is 0 Å². The molecule has 1 aliphatic carbocycles. The molecule has 1 fully saturated rings. The first-order chi connectivity index (χ1) is 8.53. The van der Waals surface area contributed by atoms with E-state index in [0.29, 0.717) is 0 Å². The largest absolute Gasteiger partial charge is 0.317 e. The smallest absolute Gasteiger partial charge is 0.00697 e. The van der Waals surface area contributed by atoms with Gasteiger partial charge in [-0.15, -0.1) is 0 Å². The molecular formula is C17H33N. The van der Waals surface area contributed by atoms with Gasteiger partial charge in [0.1, 0.15) is 0 Å². The predicted octanol–water partition coefficient (Wildman–Crippen LogP) is 4.64. The van der Waals surface area contributed by atoms with E-state index >= 15 is 0 Å². The third kappa shape index (κ3) is 3.85. The first-order valence-corrected chi connectivity index (χ1v) is 7.86. The molecule has 0 radical (unpaired) electrons. The Morgan fingerprint density at radius 1 is 1.28 bits per heavy atom. The first kappa shape index (κ1) is 15.8. The predicted molar refractivity (Wildman–Crippen MR) is 81.7 cm³/mol. The van der Waals surface area contributed by atoms with Gasteiger partial charge in [0, 0.05) is 6.04 Å². The SMILES string of the molecule is C=C(C)C(C(C)CC(CC)CC)C1CC(NC)C1. The number of hydrogen-bond donors (Lipinski definition) is 1. The third-order valence-electron chi connectivity index (χ3n) is 5.13. The molecular weight excluding hydrogens is 218 g/mol. The zero-order valence-electron chi connectivity index (χ0n) is 13.1. The molecule has 0 aromatic rings. The maximum absolute atomic E-state index is 4.27. The molecule has 0 aliphatic heterocycles. The van der Waals surface area contributed by atoms with Crippen molar-refractivity contribution in [3.8, 4) is 0 Å². The topological polar surface area (TPSA) is 12.0 Å². The highest BCUT2D eigenvalue weighted by molar-refractivity contribution is 5.05. The summed E-state index contributed by atoms with van der Waals surface area (Å²) in [6, 6.07) is 0.761. The summed E-state index contributed by atoms with van der Waals surface area (Å²) < 4.78 is 0. The molecule has 0 bridgehead atoms. The Kier molecular flexibility index (Phi) is 6.42. The Labute approximate surface area is 114 Å². The van der Waals surface area contributed by atoms with Crippen LogP contribution in [0.5, 0.6) is 0 Å². The van der Waals surface area contributed by atoms with Crippen LogP contribution in [0.1, 0.15) is 59.8 Å². The molecule has 0 aromatic heterocycles. The number of hydrogen-bond acceptors (Lipinski definition) is 1. The van der Waals surface area contributed by atoms with E-state index in [1.54, 1.807) is 0 Å². The van der Waals surface area contributed by atoms with Gasteiger partial charge in [0.15, 0.2) is 0 Å². The second kappa shape index (κ2) is 7.33. The molecule has 18 heavy (non-hydrogen) atoms. The van der Waals surface area contributed by atoms with Crippen molar-refractivity contribution in [3.63, 3.8) is 0 Å². The van der Waals surface area contributed by atoms with Crippen LogP contribution in [-0.2, 0) is 0 Å². The zero-order valence-corrected chi connectivity index (χ0v) is 13.1. The molecule has 2 atom stereocenters. The van der Waals surface area contributed by atoms with Crippen molar-refractivity contribution >= 4 is 0 Å². The molecule has 1 nitrogen and oxygen atoms in total. The fourth-order valence-electron chi connectivity index (χ4n) is 3.84. The van der Waals surface area contributed by atoms with E-state index in [2.05, 4.69) is 46.6 Å². The van der Waals surface area contributed by atoms with E-state index in [0.717, 1.165) is 29.7 Å². The van der Waals surface area contributed by atoms with Gasteiger partial charge in [-0.05, 0) is 56.9 Å². The summed E-state index contributed by atoms with van der Waals surface area (Å²) in [5.41, 5.74) is 1.41. The van der Waals surface area contributed by atoms with E-state index in [4.69, 9.17) is 0 Å². The van der Waals surface area contributed by atoms with Crippen LogP contribution in [0.3, 0.4) is 0 Å². The lowest BCUT2D eigenvalue weighted by atomic mass is 9.64. The first-order valence-electron chi connectivity index (χ1n) is 7.86. The Hall–Kier alpha value is -0.300. The highest BCUT2D eigenvalue weighted by Crippen LogP contribution is 2.42. The van der Waals surface area contributed by atoms with E-state index < -0.39 is 0 Å². The average Bonchev–Trinajstić information content (AvgIpc) is 2.28. The average molecular weight is 251 g/mol. The second-order valence-electron chi connectivity index (χ2n) is 6.48. The van der Waals surface area contributed by atoms with Crippen molar-refractivity contribution in [2.24, 2.45) is 23.7 Å². The van der Waals surface area contributed by atoms with Crippen LogP contribution in [-0.4, -0.2) is 13.1 Å². The maximum atomic E-state index is 4.27. The van der Waals surface area contributed by atoms with Gasteiger partial charge < -0.3 is 5.32 Å². The Balaban J connectivity index is 2.54. The lowest BCUT2D eigenvalue weighted by Crippen LogP contribution is -2.44. The van der Waals surface area contributed by atoms with Crippen LogP contribution < -0.4 is 5.32 Å². The molecule has 0 saturated heterocycles. The van der Waals surface area contributed by atoms with Crippen molar-refractivity contribution < 1.29 is 0 Å². The normalized spacial score (nSPS) is 26.8. The fourth-order valence-corrected chi connectivity index (χ4v) is 3.84. The molecule has 1 heteroatoms. The number of rotatable bonds is 8. The van der Waals surface area contributed by atoms with Crippen molar-refractivity contribution in [2.75, 3.05) is 7.05 Å². The van der Waals surface area contributed by atoms with Crippen LogP contribution in [0.4, 0.5) is 0 Å². The third-order valence-corrected chi connectivity index (χ3v) is 5.13. The minimum Gasteiger partial charge on any atom is -0.317 e. The minimum atomic E-state index is 0.746. The van der Waals surface area contributed by atoms with Crippen LogP contribution in [0, 0.1) is 23.7 Å². The van der Waals surface area contributed by atoms with E-state index in [9.17, 15) is 0 Å². The van der Waals surface area contributed by atoms with E-state index in [1.807, 2.05) is 0 Å². The standard InChI is InChI=1S/C17H33N/c1-7-14(8-2)9-13(5)17(12(3)4)15-10-16(11-15)18-6/h13-18H,3,7-11H2,1-2,4-6H3. The molecule has 0 aromatic carbocycles. The molecule has 0 amide bonds. The van der Waals surface area contributed by atoms with Crippen molar-refractivity contribution in [3.05, 3.63) is 12.2 Å². The molecule has 2 unspecified atom stereocenters. The summed E-state index contributed by atoms with van der Waals surface area (Å²) in [5.74, 6) is 3.33. The van der Waals surface area contributed by atoms with E-state index in [1.165, 1.54) is 37.7 Å². The summed E-state index contributed by atoms with van der Waals surface area (Å²) >= 11 is 0. The summed E-state index contributed by atoms with van der Waals surface area (Å²) in [6.07, 6.45) is 6.73. The molecule has 0 spiro atoms. The van der Waals surface area contributed by atoms with Gasteiger partial charge in [-0.1, -0.05) is 45.8 Å². The summed E-state index contributed by atoms with van der Waals surface area (Å²) in [7, 11) is 2.09. The molecule has 106 valence electrons. The number of allylic oxidation sites excluding steroid dienone is 1. The van der Waals surface area contributed by atoms with E-state index in [-0.39, 0.29) is 0 Å².